The van der Waals surface area contributed by atoms with Crippen molar-refractivity contribution in [3.8, 4) is 0 Å². The third-order valence-corrected chi connectivity index (χ3v) is 3.77. The van der Waals surface area contributed by atoms with Crippen molar-refractivity contribution in [3.63, 3.8) is 0 Å². The number of rotatable bonds is 6. The van der Waals surface area contributed by atoms with E-state index >= 15 is 0 Å². The highest BCUT2D eigenvalue weighted by Gasteiger charge is 2.15. The van der Waals surface area contributed by atoms with Gasteiger partial charge in [0, 0.05) is 43.9 Å². The molecule has 0 amide bonds. The first-order valence-corrected chi connectivity index (χ1v) is 7.26. The molecule has 3 nitrogen and oxygen atoms in total. The normalized spacial score (nSPS) is 16.1. The Balaban J connectivity index is 1.81. The van der Waals surface area contributed by atoms with E-state index in [1.165, 1.54) is 37.2 Å². The maximum Gasteiger partial charge on any atom is 0.0494 e. The van der Waals surface area contributed by atoms with Crippen molar-refractivity contribution in [2.75, 3.05) is 31.1 Å². The number of hydrogen-bond acceptors (Lipinski definition) is 3. The fourth-order valence-corrected chi connectivity index (χ4v) is 2.40. The average molecular weight is 262 g/mol. The minimum atomic E-state index is -0.0461. The summed E-state index contributed by atoms with van der Waals surface area (Å²) in [6, 6.07) is 8.85. The van der Waals surface area contributed by atoms with Crippen LogP contribution in [0.15, 0.2) is 24.3 Å². The van der Waals surface area contributed by atoms with Crippen LogP contribution in [0.2, 0.25) is 0 Å². The van der Waals surface area contributed by atoms with E-state index in [1.54, 1.807) is 0 Å². The summed E-state index contributed by atoms with van der Waals surface area (Å²) >= 11 is 0. The first-order chi connectivity index (χ1) is 9.11. The van der Waals surface area contributed by atoms with Crippen LogP contribution in [0.25, 0.3) is 0 Å². The highest BCUT2D eigenvalue weighted by Crippen LogP contribution is 2.20. The summed E-state index contributed by atoms with van der Waals surface area (Å²) in [5.41, 5.74) is 2.60. The molecule has 0 unspecified atom stereocenters. The van der Waals surface area contributed by atoms with Gasteiger partial charge in [0.2, 0.25) is 0 Å². The van der Waals surface area contributed by atoms with E-state index in [0.29, 0.717) is 0 Å². The molecule has 0 bridgehead atoms. The molecular formula is C16H26N2O. The lowest BCUT2D eigenvalue weighted by atomic mass is 9.95. The summed E-state index contributed by atoms with van der Waals surface area (Å²) in [6.45, 7) is 8.44. The Kier molecular flexibility index (Phi) is 4.83. The number of nitrogens with zero attached hydrogens (tertiary/aromatic N) is 1. The Bertz CT molecular complexity index is 380. The summed E-state index contributed by atoms with van der Waals surface area (Å²) in [5.74, 6) is 0. The van der Waals surface area contributed by atoms with E-state index < -0.39 is 0 Å². The Morgan fingerprint density at radius 2 is 1.79 bits per heavy atom. The molecule has 0 spiro atoms. The Morgan fingerprint density at radius 1 is 1.16 bits per heavy atom. The van der Waals surface area contributed by atoms with Crippen molar-refractivity contribution in [2.24, 2.45) is 5.41 Å². The second-order valence-corrected chi connectivity index (χ2v) is 6.29. The quantitative estimate of drug-likeness (QED) is 0.826. The summed E-state index contributed by atoms with van der Waals surface area (Å²) in [4.78, 5) is 2.45. The fraction of sp³-hybridized carbons (Fsp3) is 0.625. The summed E-state index contributed by atoms with van der Waals surface area (Å²) in [7, 11) is 0. The van der Waals surface area contributed by atoms with E-state index in [-0.39, 0.29) is 12.0 Å². The standard InChI is InChI=1S/C16H26N2O/c1-16(2,13-19)12-17-11-14-5-7-15(8-6-14)18-9-3-4-10-18/h5-8,17,19H,3-4,9-13H2,1-2H3. The smallest absolute Gasteiger partial charge is 0.0494 e. The largest absolute Gasteiger partial charge is 0.396 e. The minimum Gasteiger partial charge on any atom is -0.396 e. The highest BCUT2D eigenvalue weighted by atomic mass is 16.3. The van der Waals surface area contributed by atoms with Crippen LogP contribution in [0, 0.1) is 5.41 Å². The molecule has 2 rings (SSSR count). The van der Waals surface area contributed by atoms with Crippen LogP contribution in [-0.4, -0.2) is 31.3 Å². The Labute approximate surface area is 116 Å². The number of nitrogens with one attached hydrogen (secondary N) is 1. The van der Waals surface area contributed by atoms with Crippen molar-refractivity contribution in [2.45, 2.75) is 33.2 Å². The monoisotopic (exact) mass is 262 g/mol. The molecule has 1 heterocycles. The SMILES string of the molecule is CC(C)(CO)CNCc1ccc(N2CCCC2)cc1. The number of benzene rings is 1. The first-order valence-electron chi connectivity index (χ1n) is 7.26. The lowest BCUT2D eigenvalue weighted by molar-refractivity contribution is 0.156. The summed E-state index contributed by atoms with van der Waals surface area (Å²) < 4.78 is 0. The number of aliphatic hydroxyl groups is 1. The molecule has 1 fully saturated rings. The molecule has 1 aromatic rings. The van der Waals surface area contributed by atoms with E-state index in [1.807, 2.05) is 0 Å². The lowest BCUT2D eigenvalue weighted by Gasteiger charge is -2.22. The Morgan fingerprint density at radius 3 is 2.37 bits per heavy atom. The zero-order valence-corrected chi connectivity index (χ0v) is 12.2. The van der Waals surface area contributed by atoms with Gasteiger partial charge in [0.15, 0.2) is 0 Å². The van der Waals surface area contributed by atoms with Crippen molar-refractivity contribution in [1.29, 1.82) is 0 Å². The van der Waals surface area contributed by atoms with E-state index in [2.05, 4.69) is 48.3 Å². The molecule has 19 heavy (non-hydrogen) atoms. The second kappa shape index (κ2) is 6.40. The number of aliphatic hydroxyl groups excluding tert-OH is 1. The van der Waals surface area contributed by atoms with Crippen LogP contribution in [0.3, 0.4) is 0 Å². The summed E-state index contributed by atoms with van der Waals surface area (Å²) in [6.07, 6.45) is 2.64. The zero-order chi connectivity index (χ0) is 13.7. The van der Waals surface area contributed by atoms with Gasteiger partial charge in [-0.25, -0.2) is 0 Å². The molecule has 1 aliphatic heterocycles. The van der Waals surface area contributed by atoms with Crippen molar-refractivity contribution in [3.05, 3.63) is 29.8 Å². The van der Waals surface area contributed by atoms with Crippen molar-refractivity contribution in [1.82, 2.24) is 5.32 Å². The third-order valence-electron chi connectivity index (χ3n) is 3.77. The molecule has 2 N–H and O–H groups in total. The van der Waals surface area contributed by atoms with Crippen LogP contribution in [0.1, 0.15) is 32.3 Å². The molecule has 0 aliphatic carbocycles. The number of hydrogen-bond donors (Lipinski definition) is 2. The molecular weight excluding hydrogens is 236 g/mol. The van der Waals surface area contributed by atoms with Crippen LogP contribution >= 0.6 is 0 Å². The minimum absolute atomic E-state index is 0.0461. The topological polar surface area (TPSA) is 35.5 Å². The van der Waals surface area contributed by atoms with Gasteiger partial charge in [0.05, 0.1) is 0 Å². The lowest BCUT2D eigenvalue weighted by Crippen LogP contribution is -2.31. The molecule has 1 saturated heterocycles. The molecule has 0 aromatic heterocycles. The van der Waals surface area contributed by atoms with Crippen LogP contribution in [0.4, 0.5) is 5.69 Å². The molecule has 1 aromatic carbocycles. The van der Waals surface area contributed by atoms with Gasteiger partial charge >= 0.3 is 0 Å². The van der Waals surface area contributed by atoms with Gasteiger partial charge in [-0.15, -0.1) is 0 Å². The third kappa shape index (κ3) is 4.22. The Hall–Kier alpha value is -1.06. The maximum atomic E-state index is 9.20. The van der Waals surface area contributed by atoms with Gasteiger partial charge in [-0.3, -0.25) is 0 Å². The first kappa shape index (κ1) is 14.4. The van der Waals surface area contributed by atoms with Gasteiger partial charge in [0.1, 0.15) is 0 Å². The van der Waals surface area contributed by atoms with Gasteiger partial charge in [-0.05, 0) is 30.5 Å². The second-order valence-electron chi connectivity index (χ2n) is 6.29. The maximum absolute atomic E-state index is 9.20. The zero-order valence-electron chi connectivity index (χ0n) is 12.2. The molecule has 3 heteroatoms. The van der Waals surface area contributed by atoms with Crippen LogP contribution < -0.4 is 10.2 Å². The average Bonchev–Trinajstić information content (AvgIpc) is 2.93. The molecule has 0 atom stereocenters. The molecule has 0 saturated carbocycles. The fourth-order valence-electron chi connectivity index (χ4n) is 2.40. The molecule has 0 radical (unpaired) electrons. The predicted octanol–water partition coefficient (Wildman–Crippen LogP) is 2.39. The van der Waals surface area contributed by atoms with Crippen LogP contribution in [-0.2, 0) is 6.54 Å². The van der Waals surface area contributed by atoms with Crippen molar-refractivity contribution >= 4 is 5.69 Å². The highest BCUT2D eigenvalue weighted by molar-refractivity contribution is 5.48. The van der Waals surface area contributed by atoms with E-state index in [9.17, 15) is 5.11 Å². The molecule has 1 aliphatic rings. The van der Waals surface area contributed by atoms with Gasteiger partial charge in [0.25, 0.3) is 0 Å². The van der Waals surface area contributed by atoms with E-state index in [4.69, 9.17) is 0 Å². The van der Waals surface area contributed by atoms with Gasteiger partial charge < -0.3 is 15.3 Å². The molecule has 106 valence electrons. The van der Waals surface area contributed by atoms with Gasteiger partial charge in [-0.2, -0.15) is 0 Å². The predicted molar refractivity (Wildman–Crippen MR) is 80.5 cm³/mol. The number of anilines is 1. The summed E-state index contributed by atoms with van der Waals surface area (Å²) in [5, 5.41) is 12.6. The van der Waals surface area contributed by atoms with Gasteiger partial charge in [-0.1, -0.05) is 26.0 Å². The van der Waals surface area contributed by atoms with Crippen LogP contribution in [0.5, 0.6) is 0 Å². The van der Waals surface area contributed by atoms with Crippen molar-refractivity contribution < 1.29 is 5.11 Å². The van der Waals surface area contributed by atoms with E-state index in [0.717, 1.165) is 13.1 Å².